The van der Waals surface area contributed by atoms with Crippen molar-refractivity contribution < 1.29 is 4.74 Å². The van der Waals surface area contributed by atoms with Crippen LogP contribution in [0, 0.1) is 6.92 Å². The van der Waals surface area contributed by atoms with E-state index < -0.39 is 0 Å². The Bertz CT molecular complexity index is 419. The van der Waals surface area contributed by atoms with Crippen molar-refractivity contribution in [3.63, 3.8) is 0 Å². The van der Waals surface area contributed by atoms with E-state index in [1.807, 2.05) is 11.3 Å². The van der Waals surface area contributed by atoms with E-state index in [1.54, 1.807) is 0 Å². The minimum Gasteiger partial charge on any atom is -0.377 e. The smallest absolute Gasteiger partial charge is 0.0727 e. The number of likely N-dealkylation sites (tertiary alicyclic amines) is 1. The Morgan fingerprint density at radius 3 is 3.05 bits per heavy atom. The van der Waals surface area contributed by atoms with Gasteiger partial charge >= 0.3 is 0 Å². The summed E-state index contributed by atoms with van der Waals surface area (Å²) in [6.45, 7) is 9.40. The number of rotatable bonds is 9. The molecule has 0 saturated carbocycles. The van der Waals surface area contributed by atoms with Crippen molar-refractivity contribution in [1.82, 2.24) is 10.2 Å². The van der Waals surface area contributed by atoms with Crippen molar-refractivity contribution in [1.29, 1.82) is 0 Å². The van der Waals surface area contributed by atoms with Crippen LogP contribution < -0.4 is 5.32 Å². The van der Waals surface area contributed by atoms with E-state index in [-0.39, 0.29) is 0 Å². The lowest BCUT2D eigenvalue weighted by Crippen LogP contribution is -2.26. The molecule has 1 atom stereocenters. The van der Waals surface area contributed by atoms with Crippen LogP contribution in [-0.4, -0.2) is 37.7 Å². The van der Waals surface area contributed by atoms with Gasteiger partial charge in [0.05, 0.1) is 6.61 Å². The molecule has 1 aliphatic rings. The Morgan fingerprint density at radius 1 is 1.48 bits per heavy atom. The lowest BCUT2D eigenvalue weighted by molar-refractivity contribution is 0.101. The number of hydrogen-bond acceptors (Lipinski definition) is 4. The molecule has 1 aliphatic heterocycles. The molecular formula is C17H30N2OS. The second kappa shape index (κ2) is 8.89. The third-order valence-corrected chi connectivity index (χ3v) is 5.41. The van der Waals surface area contributed by atoms with Crippen LogP contribution in [-0.2, 0) is 17.9 Å². The van der Waals surface area contributed by atoms with Gasteiger partial charge in [0.1, 0.15) is 0 Å². The molecule has 1 aromatic rings. The standard InChI is InChI=1S/C17H30N2OS/c1-4-8-18-12-17-11-15(14(2)21-17)13-20-10-7-16-6-5-9-19(16)3/h11,16,18H,4-10,12-13H2,1-3H3. The summed E-state index contributed by atoms with van der Waals surface area (Å²) < 4.78 is 5.91. The van der Waals surface area contributed by atoms with Crippen molar-refractivity contribution in [3.8, 4) is 0 Å². The van der Waals surface area contributed by atoms with Crippen LogP contribution in [0.25, 0.3) is 0 Å². The Hall–Kier alpha value is -0.420. The van der Waals surface area contributed by atoms with Crippen molar-refractivity contribution in [2.45, 2.75) is 58.7 Å². The first-order valence-electron chi connectivity index (χ1n) is 8.27. The van der Waals surface area contributed by atoms with Gasteiger partial charge in [-0.15, -0.1) is 11.3 Å². The first kappa shape index (κ1) is 16.9. The molecule has 0 radical (unpaired) electrons. The molecule has 0 aromatic carbocycles. The second-order valence-electron chi connectivity index (χ2n) is 6.09. The summed E-state index contributed by atoms with van der Waals surface area (Å²) in [4.78, 5) is 5.30. The molecule has 0 amide bonds. The minimum absolute atomic E-state index is 0.738. The number of thiophene rings is 1. The van der Waals surface area contributed by atoms with Gasteiger partial charge in [-0.05, 0) is 64.4 Å². The summed E-state index contributed by atoms with van der Waals surface area (Å²) >= 11 is 1.90. The molecule has 1 saturated heterocycles. The normalized spacial score (nSPS) is 19.5. The van der Waals surface area contributed by atoms with E-state index >= 15 is 0 Å². The fourth-order valence-electron chi connectivity index (χ4n) is 2.95. The van der Waals surface area contributed by atoms with Crippen LogP contribution in [0.3, 0.4) is 0 Å². The maximum atomic E-state index is 5.91. The van der Waals surface area contributed by atoms with Gasteiger partial charge in [0.2, 0.25) is 0 Å². The molecule has 0 aliphatic carbocycles. The Labute approximate surface area is 133 Å². The maximum Gasteiger partial charge on any atom is 0.0727 e. The third-order valence-electron chi connectivity index (χ3n) is 4.32. The van der Waals surface area contributed by atoms with Crippen LogP contribution in [0.5, 0.6) is 0 Å². The molecule has 1 N–H and O–H groups in total. The minimum atomic E-state index is 0.738. The predicted octanol–water partition coefficient (Wildman–Crippen LogP) is 3.56. The van der Waals surface area contributed by atoms with Gasteiger partial charge in [0.15, 0.2) is 0 Å². The quantitative estimate of drug-likeness (QED) is 0.706. The molecule has 2 heterocycles. The average Bonchev–Trinajstić information content (AvgIpc) is 3.02. The number of ether oxygens (including phenoxy) is 1. The fourth-order valence-corrected chi connectivity index (χ4v) is 3.97. The largest absolute Gasteiger partial charge is 0.377 e. The Balaban J connectivity index is 1.67. The van der Waals surface area contributed by atoms with E-state index in [0.29, 0.717) is 0 Å². The summed E-state index contributed by atoms with van der Waals surface area (Å²) in [6.07, 6.45) is 5.05. The van der Waals surface area contributed by atoms with Gasteiger partial charge in [0, 0.05) is 28.9 Å². The molecule has 1 aromatic heterocycles. The molecule has 0 bridgehead atoms. The number of aryl methyl sites for hydroxylation is 1. The highest BCUT2D eigenvalue weighted by molar-refractivity contribution is 7.12. The predicted molar refractivity (Wildman–Crippen MR) is 91.0 cm³/mol. The van der Waals surface area contributed by atoms with Gasteiger partial charge < -0.3 is 15.0 Å². The van der Waals surface area contributed by atoms with Crippen LogP contribution in [0.2, 0.25) is 0 Å². The Kier molecular flexibility index (Phi) is 7.17. The highest BCUT2D eigenvalue weighted by Crippen LogP contribution is 2.23. The fraction of sp³-hybridized carbons (Fsp3) is 0.765. The first-order valence-corrected chi connectivity index (χ1v) is 9.09. The molecule has 120 valence electrons. The van der Waals surface area contributed by atoms with E-state index in [9.17, 15) is 0 Å². The van der Waals surface area contributed by atoms with Gasteiger partial charge in [-0.25, -0.2) is 0 Å². The van der Waals surface area contributed by atoms with E-state index in [4.69, 9.17) is 4.74 Å². The van der Waals surface area contributed by atoms with Crippen molar-refractivity contribution >= 4 is 11.3 Å². The van der Waals surface area contributed by atoms with Gasteiger partial charge in [-0.3, -0.25) is 0 Å². The number of hydrogen-bond donors (Lipinski definition) is 1. The van der Waals surface area contributed by atoms with Crippen LogP contribution >= 0.6 is 11.3 Å². The van der Waals surface area contributed by atoms with Crippen LogP contribution in [0.1, 0.15) is 47.9 Å². The number of nitrogens with zero attached hydrogens (tertiary/aromatic N) is 1. The zero-order chi connectivity index (χ0) is 15.1. The summed E-state index contributed by atoms with van der Waals surface area (Å²) in [7, 11) is 2.23. The zero-order valence-electron chi connectivity index (χ0n) is 13.8. The molecule has 21 heavy (non-hydrogen) atoms. The lowest BCUT2D eigenvalue weighted by atomic mass is 10.1. The second-order valence-corrected chi connectivity index (χ2v) is 7.43. The van der Waals surface area contributed by atoms with Gasteiger partial charge in [-0.2, -0.15) is 0 Å². The molecule has 0 spiro atoms. The summed E-state index contributed by atoms with van der Waals surface area (Å²) in [5, 5.41) is 3.47. The first-order chi connectivity index (χ1) is 10.2. The molecule has 1 unspecified atom stereocenters. The molecule has 2 rings (SSSR count). The number of nitrogens with one attached hydrogen (secondary N) is 1. The summed E-state index contributed by atoms with van der Waals surface area (Å²) in [5.41, 5.74) is 1.37. The maximum absolute atomic E-state index is 5.91. The van der Waals surface area contributed by atoms with Crippen LogP contribution in [0.15, 0.2) is 6.07 Å². The van der Waals surface area contributed by atoms with Crippen LogP contribution in [0.4, 0.5) is 0 Å². The molecular weight excluding hydrogens is 280 g/mol. The molecule has 3 nitrogen and oxygen atoms in total. The van der Waals surface area contributed by atoms with Crippen molar-refractivity contribution in [2.75, 3.05) is 26.7 Å². The topological polar surface area (TPSA) is 24.5 Å². The zero-order valence-corrected chi connectivity index (χ0v) is 14.6. The highest BCUT2D eigenvalue weighted by Gasteiger charge is 2.20. The SMILES string of the molecule is CCCNCc1cc(COCCC2CCCN2C)c(C)s1. The highest BCUT2D eigenvalue weighted by atomic mass is 32.1. The molecule has 4 heteroatoms. The lowest BCUT2D eigenvalue weighted by Gasteiger charge is -2.18. The van der Waals surface area contributed by atoms with Crippen molar-refractivity contribution in [3.05, 3.63) is 21.4 Å². The third kappa shape index (κ3) is 5.37. The monoisotopic (exact) mass is 310 g/mol. The summed E-state index contributed by atoms with van der Waals surface area (Å²) in [5.74, 6) is 0. The van der Waals surface area contributed by atoms with Gasteiger partial charge in [0.25, 0.3) is 0 Å². The van der Waals surface area contributed by atoms with E-state index in [2.05, 4.69) is 37.2 Å². The molecule has 1 fully saturated rings. The summed E-state index contributed by atoms with van der Waals surface area (Å²) in [6, 6.07) is 3.05. The Morgan fingerprint density at radius 2 is 2.33 bits per heavy atom. The van der Waals surface area contributed by atoms with Gasteiger partial charge in [-0.1, -0.05) is 6.92 Å². The van der Waals surface area contributed by atoms with E-state index in [0.717, 1.165) is 32.3 Å². The average molecular weight is 311 g/mol. The van der Waals surface area contributed by atoms with Crippen molar-refractivity contribution in [2.24, 2.45) is 0 Å². The van der Waals surface area contributed by atoms with E-state index in [1.165, 1.54) is 47.5 Å².